The second-order valence-corrected chi connectivity index (χ2v) is 7.04. The molecule has 0 saturated carbocycles. The van der Waals surface area contributed by atoms with Crippen molar-refractivity contribution in [2.24, 2.45) is 7.05 Å². The molecule has 3 aromatic rings. The number of fused-ring (bicyclic) bond motifs is 1. The summed E-state index contributed by atoms with van der Waals surface area (Å²) in [7, 11) is 1.86. The topological polar surface area (TPSA) is 72.3 Å². The number of anilines is 2. The summed E-state index contributed by atoms with van der Waals surface area (Å²) in [6, 6.07) is 10.5. The Labute approximate surface area is 164 Å². The lowest BCUT2D eigenvalue weighted by atomic mass is 10.0. The Morgan fingerprint density at radius 1 is 1.29 bits per heavy atom. The Morgan fingerprint density at radius 2 is 2.11 bits per heavy atom. The van der Waals surface area contributed by atoms with Gasteiger partial charge in [-0.2, -0.15) is 5.10 Å². The minimum absolute atomic E-state index is 0.297. The zero-order valence-corrected chi connectivity index (χ0v) is 16.3. The van der Waals surface area contributed by atoms with Crippen LogP contribution in [-0.4, -0.2) is 46.5 Å². The second-order valence-electron chi connectivity index (χ2n) is 7.04. The third-order valence-corrected chi connectivity index (χ3v) is 5.11. The number of rotatable bonds is 5. The number of carbonyl (C=O) groups is 1. The molecule has 0 unspecified atom stereocenters. The number of para-hydroxylation sites is 1. The van der Waals surface area contributed by atoms with Crippen molar-refractivity contribution in [3.05, 3.63) is 48.3 Å². The van der Waals surface area contributed by atoms with Gasteiger partial charge in [0.15, 0.2) is 5.65 Å². The molecule has 1 atom stereocenters. The van der Waals surface area contributed by atoms with Gasteiger partial charge in [-0.25, -0.2) is 9.78 Å². The molecule has 0 bridgehead atoms. The molecule has 1 saturated heterocycles. The van der Waals surface area contributed by atoms with Crippen molar-refractivity contribution in [1.29, 1.82) is 0 Å². The minimum atomic E-state index is -0.339. The molecule has 28 heavy (non-hydrogen) atoms. The van der Waals surface area contributed by atoms with E-state index < -0.39 is 0 Å². The van der Waals surface area contributed by atoms with Crippen LogP contribution < -0.4 is 10.2 Å². The molecule has 7 heteroatoms. The zero-order chi connectivity index (χ0) is 19.5. The van der Waals surface area contributed by atoms with Crippen LogP contribution in [0.15, 0.2) is 42.7 Å². The number of benzene rings is 1. The fraction of sp³-hybridized carbons (Fsp3) is 0.381. The van der Waals surface area contributed by atoms with Gasteiger partial charge in [-0.05, 0) is 31.9 Å². The molecule has 1 aromatic carbocycles. The first-order valence-electron chi connectivity index (χ1n) is 9.71. The first-order valence-corrected chi connectivity index (χ1v) is 9.71. The molecule has 1 fully saturated rings. The molecule has 0 aliphatic carbocycles. The number of piperidine rings is 1. The number of esters is 1. The molecule has 1 N–H and O–H groups in total. The third-order valence-electron chi connectivity index (χ3n) is 5.11. The lowest BCUT2D eigenvalue weighted by Crippen LogP contribution is -2.43. The van der Waals surface area contributed by atoms with Gasteiger partial charge in [-0.1, -0.05) is 18.2 Å². The van der Waals surface area contributed by atoms with Crippen LogP contribution in [0, 0.1) is 0 Å². The molecular formula is C21H25N5O2. The summed E-state index contributed by atoms with van der Waals surface area (Å²) >= 11 is 0. The van der Waals surface area contributed by atoms with E-state index in [4.69, 9.17) is 4.74 Å². The number of nitrogens with zero attached hydrogens (tertiary/aromatic N) is 4. The maximum absolute atomic E-state index is 12.6. The number of aromatic nitrogens is 3. The number of ether oxygens (including phenoxy) is 1. The Kier molecular flexibility index (Phi) is 5.14. The van der Waals surface area contributed by atoms with E-state index in [0.717, 1.165) is 48.3 Å². The number of nitrogens with one attached hydrogen (secondary N) is 1. The average molecular weight is 379 g/mol. The molecule has 3 heterocycles. The van der Waals surface area contributed by atoms with Crippen LogP contribution >= 0.6 is 0 Å². The molecular weight excluding hydrogens is 354 g/mol. The monoisotopic (exact) mass is 379 g/mol. The number of pyridine rings is 1. The van der Waals surface area contributed by atoms with E-state index in [1.165, 1.54) is 0 Å². The zero-order valence-electron chi connectivity index (χ0n) is 16.3. The van der Waals surface area contributed by atoms with Gasteiger partial charge in [0.25, 0.3) is 0 Å². The van der Waals surface area contributed by atoms with Crippen molar-refractivity contribution in [2.75, 3.05) is 29.9 Å². The average Bonchev–Trinajstić information content (AvgIpc) is 3.09. The van der Waals surface area contributed by atoms with Crippen LogP contribution in [0.3, 0.4) is 0 Å². The predicted octanol–water partition coefficient (Wildman–Crippen LogP) is 3.23. The summed E-state index contributed by atoms with van der Waals surface area (Å²) < 4.78 is 7.02. The van der Waals surface area contributed by atoms with Crippen molar-refractivity contribution in [3.63, 3.8) is 0 Å². The van der Waals surface area contributed by atoms with Crippen molar-refractivity contribution < 1.29 is 9.53 Å². The second kappa shape index (κ2) is 7.88. The van der Waals surface area contributed by atoms with Crippen molar-refractivity contribution in [3.8, 4) is 0 Å². The van der Waals surface area contributed by atoms with E-state index in [-0.39, 0.29) is 5.97 Å². The Bertz CT molecular complexity index is 970. The van der Waals surface area contributed by atoms with Crippen LogP contribution in [0.5, 0.6) is 0 Å². The van der Waals surface area contributed by atoms with Gasteiger partial charge in [0.05, 0.1) is 23.9 Å². The van der Waals surface area contributed by atoms with E-state index in [1.54, 1.807) is 17.1 Å². The van der Waals surface area contributed by atoms with Crippen LogP contribution in [0.1, 0.15) is 30.1 Å². The molecule has 2 aromatic heterocycles. The molecule has 146 valence electrons. The molecule has 1 aliphatic rings. The van der Waals surface area contributed by atoms with E-state index in [2.05, 4.69) is 32.4 Å². The van der Waals surface area contributed by atoms with Gasteiger partial charge in [-0.3, -0.25) is 4.68 Å². The first kappa shape index (κ1) is 18.3. The minimum Gasteiger partial charge on any atom is -0.462 e. The fourth-order valence-corrected chi connectivity index (χ4v) is 3.85. The molecule has 1 aliphatic heterocycles. The Hall–Kier alpha value is -3.09. The highest BCUT2D eigenvalue weighted by atomic mass is 16.5. The Balaban J connectivity index is 1.68. The van der Waals surface area contributed by atoms with Gasteiger partial charge >= 0.3 is 5.97 Å². The van der Waals surface area contributed by atoms with Gasteiger partial charge in [0, 0.05) is 38.1 Å². The Morgan fingerprint density at radius 3 is 2.89 bits per heavy atom. The quantitative estimate of drug-likeness (QED) is 0.686. The normalized spacial score (nSPS) is 16.9. The van der Waals surface area contributed by atoms with Gasteiger partial charge in [-0.15, -0.1) is 0 Å². The maximum Gasteiger partial charge on any atom is 0.341 e. The summed E-state index contributed by atoms with van der Waals surface area (Å²) in [6.07, 6.45) is 5.53. The number of carbonyl (C=O) groups excluding carboxylic acids is 1. The number of hydrogen-bond acceptors (Lipinski definition) is 6. The number of aryl methyl sites for hydroxylation is 1. The van der Waals surface area contributed by atoms with E-state index in [9.17, 15) is 4.79 Å². The van der Waals surface area contributed by atoms with Gasteiger partial charge in [0.2, 0.25) is 0 Å². The highest BCUT2D eigenvalue weighted by Crippen LogP contribution is 2.32. The lowest BCUT2D eigenvalue weighted by molar-refractivity contribution is 0.0526. The summed E-state index contributed by atoms with van der Waals surface area (Å²) in [5, 5.41) is 8.84. The summed E-state index contributed by atoms with van der Waals surface area (Å²) in [4.78, 5) is 19.3. The molecule has 0 amide bonds. The molecule has 4 rings (SSSR count). The van der Waals surface area contributed by atoms with Crippen molar-refractivity contribution in [1.82, 2.24) is 14.8 Å². The van der Waals surface area contributed by atoms with Gasteiger partial charge < -0.3 is 15.0 Å². The molecule has 7 nitrogen and oxygen atoms in total. The largest absolute Gasteiger partial charge is 0.462 e. The molecule has 0 spiro atoms. The van der Waals surface area contributed by atoms with Crippen molar-refractivity contribution in [2.45, 2.75) is 25.8 Å². The highest BCUT2D eigenvalue weighted by Gasteiger charge is 2.27. The van der Waals surface area contributed by atoms with Crippen molar-refractivity contribution >= 4 is 28.4 Å². The van der Waals surface area contributed by atoms with Gasteiger partial charge in [0.1, 0.15) is 5.56 Å². The van der Waals surface area contributed by atoms with Crippen LogP contribution in [0.25, 0.3) is 11.0 Å². The predicted molar refractivity (Wildman–Crippen MR) is 110 cm³/mol. The maximum atomic E-state index is 12.6. The fourth-order valence-electron chi connectivity index (χ4n) is 3.85. The lowest BCUT2D eigenvalue weighted by Gasteiger charge is -2.36. The van der Waals surface area contributed by atoms with Crippen LogP contribution in [0.4, 0.5) is 11.4 Å². The summed E-state index contributed by atoms with van der Waals surface area (Å²) in [6.45, 7) is 3.83. The van der Waals surface area contributed by atoms with Crippen LogP contribution in [-0.2, 0) is 11.8 Å². The summed E-state index contributed by atoms with van der Waals surface area (Å²) in [5.74, 6) is -0.339. The first-order chi connectivity index (χ1) is 13.7. The standard InChI is InChI=1S/C21H25N5O2/c1-3-28-21(27)18-12-22-20-17(13-23-25(20)2)19(18)26-11-7-10-16(14-26)24-15-8-5-4-6-9-15/h4-6,8-9,12-13,16,24H,3,7,10-11,14H2,1-2H3/t16-/m0/s1. The van der Waals surface area contributed by atoms with E-state index >= 15 is 0 Å². The smallest absolute Gasteiger partial charge is 0.341 e. The molecule has 0 radical (unpaired) electrons. The third kappa shape index (κ3) is 3.52. The van der Waals surface area contributed by atoms with E-state index in [0.29, 0.717) is 18.2 Å². The SMILES string of the molecule is CCOC(=O)c1cnc2c(cnn2C)c1N1CCC[C@H](Nc2ccccc2)C1. The summed E-state index contributed by atoms with van der Waals surface area (Å²) in [5.41, 5.74) is 3.25. The van der Waals surface area contributed by atoms with E-state index in [1.807, 2.05) is 32.2 Å². The number of hydrogen-bond donors (Lipinski definition) is 1. The highest BCUT2D eigenvalue weighted by molar-refractivity contribution is 6.04. The van der Waals surface area contributed by atoms with Crippen LogP contribution in [0.2, 0.25) is 0 Å².